The van der Waals surface area contributed by atoms with Gasteiger partial charge < -0.3 is 14.6 Å². The van der Waals surface area contributed by atoms with Crippen molar-refractivity contribution in [2.24, 2.45) is 0 Å². The quantitative estimate of drug-likeness (QED) is 0.879. The lowest BCUT2D eigenvalue weighted by Crippen LogP contribution is -2.31. The van der Waals surface area contributed by atoms with Crippen molar-refractivity contribution < 1.29 is 9.21 Å². The molecule has 0 fully saturated rings. The first-order valence-electron chi connectivity index (χ1n) is 6.76. The van der Waals surface area contributed by atoms with E-state index in [-0.39, 0.29) is 5.91 Å². The Balaban J connectivity index is 1.97. The molecule has 0 unspecified atom stereocenters. The fourth-order valence-electron chi connectivity index (χ4n) is 1.90. The fraction of sp³-hybridized carbons (Fsp3) is 0.333. The molecule has 0 spiro atoms. The van der Waals surface area contributed by atoms with E-state index in [9.17, 15) is 4.79 Å². The summed E-state index contributed by atoms with van der Waals surface area (Å²) in [7, 11) is 0. The molecular formula is C15H19N3O2. The van der Waals surface area contributed by atoms with Crippen LogP contribution in [0.5, 0.6) is 0 Å². The molecule has 0 atom stereocenters. The molecule has 0 aromatic carbocycles. The van der Waals surface area contributed by atoms with Gasteiger partial charge in [0.05, 0.1) is 24.7 Å². The Bertz CT molecular complexity index is 531. The molecule has 1 N–H and O–H groups in total. The van der Waals surface area contributed by atoms with Gasteiger partial charge in [0.15, 0.2) is 0 Å². The first-order valence-corrected chi connectivity index (χ1v) is 6.76. The van der Waals surface area contributed by atoms with Crippen LogP contribution >= 0.6 is 0 Å². The minimum absolute atomic E-state index is 0.0346. The molecule has 106 valence electrons. The van der Waals surface area contributed by atoms with Crippen LogP contribution in [0.2, 0.25) is 0 Å². The second kappa shape index (κ2) is 6.75. The SMILES string of the molecule is CCN(CC)C(=O)c1ccc(NCc2ccco2)cn1. The zero-order valence-corrected chi connectivity index (χ0v) is 11.8. The molecule has 0 saturated carbocycles. The van der Waals surface area contributed by atoms with Crippen molar-refractivity contribution in [1.82, 2.24) is 9.88 Å². The van der Waals surface area contributed by atoms with E-state index in [4.69, 9.17) is 4.42 Å². The number of carbonyl (C=O) groups excluding carboxylic acids is 1. The maximum absolute atomic E-state index is 12.1. The van der Waals surface area contributed by atoms with Crippen molar-refractivity contribution >= 4 is 11.6 Å². The Morgan fingerprint density at radius 2 is 2.10 bits per heavy atom. The van der Waals surface area contributed by atoms with Crippen molar-refractivity contribution in [1.29, 1.82) is 0 Å². The molecular weight excluding hydrogens is 254 g/mol. The number of hydrogen-bond acceptors (Lipinski definition) is 4. The number of pyridine rings is 1. The number of carbonyl (C=O) groups is 1. The van der Waals surface area contributed by atoms with Crippen molar-refractivity contribution in [3.63, 3.8) is 0 Å². The first-order chi connectivity index (χ1) is 9.74. The van der Waals surface area contributed by atoms with Crippen LogP contribution in [-0.2, 0) is 6.54 Å². The van der Waals surface area contributed by atoms with Crippen LogP contribution in [0.1, 0.15) is 30.1 Å². The second-order valence-electron chi connectivity index (χ2n) is 4.34. The van der Waals surface area contributed by atoms with Gasteiger partial charge in [0.1, 0.15) is 11.5 Å². The van der Waals surface area contributed by atoms with E-state index in [0.717, 1.165) is 11.4 Å². The van der Waals surface area contributed by atoms with Crippen molar-refractivity contribution in [2.45, 2.75) is 20.4 Å². The molecule has 1 amide bonds. The molecule has 0 aliphatic heterocycles. The molecule has 0 aliphatic carbocycles. The summed E-state index contributed by atoms with van der Waals surface area (Å²) in [5, 5.41) is 3.19. The summed E-state index contributed by atoms with van der Waals surface area (Å²) in [6.45, 7) is 5.89. The molecule has 2 heterocycles. The number of nitrogens with zero attached hydrogens (tertiary/aromatic N) is 2. The molecule has 0 bridgehead atoms. The number of furan rings is 1. The molecule has 20 heavy (non-hydrogen) atoms. The van der Waals surface area contributed by atoms with Crippen molar-refractivity contribution in [3.05, 3.63) is 48.2 Å². The molecule has 2 aromatic heterocycles. The van der Waals surface area contributed by atoms with Gasteiger partial charge in [0, 0.05) is 13.1 Å². The van der Waals surface area contributed by atoms with Gasteiger partial charge in [0.2, 0.25) is 0 Å². The summed E-state index contributed by atoms with van der Waals surface area (Å²) in [6.07, 6.45) is 3.31. The Morgan fingerprint density at radius 1 is 1.30 bits per heavy atom. The third kappa shape index (κ3) is 3.38. The minimum atomic E-state index is -0.0346. The van der Waals surface area contributed by atoms with E-state index in [1.165, 1.54) is 0 Å². The predicted molar refractivity (Wildman–Crippen MR) is 77.5 cm³/mol. The average Bonchev–Trinajstić information content (AvgIpc) is 3.00. The number of amides is 1. The van der Waals surface area contributed by atoms with Gasteiger partial charge in [-0.1, -0.05) is 0 Å². The zero-order chi connectivity index (χ0) is 14.4. The highest BCUT2D eigenvalue weighted by molar-refractivity contribution is 5.92. The van der Waals surface area contributed by atoms with Gasteiger partial charge in [-0.3, -0.25) is 4.79 Å². The smallest absolute Gasteiger partial charge is 0.272 e. The summed E-state index contributed by atoms with van der Waals surface area (Å²) >= 11 is 0. The molecule has 0 radical (unpaired) electrons. The molecule has 5 nitrogen and oxygen atoms in total. The molecule has 5 heteroatoms. The van der Waals surface area contributed by atoms with Crippen LogP contribution in [0, 0.1) is 0 Å². The lowest BCUT2D eigenvalue weighted by atomic mass is 10.3. The largest absolute Gasteiger partial charge is 0.467 e. The van der Waals surface area contributed by atoms with Gasteiger partial charge in [0.25, 0.3) is 5.91 Å². The lowest BCUT2D eigenvalue weighted by Gasteiger charge is -2.17. The van der Waals surface area contributed by atoms with Crippen LogP contribution in [0.3, 0.4) is 0 Å². The number of rotatable bonds is 6. The highest BCUT2D eigenvalue weighted by atomic mass is 16.3. The highest BCUT2D eigenvalue weighted by Crippen LogP contribution is 2.10. The van der Waals surface area contributed by atoms with Gasteiger partial charge in [-0.05, 0) is 38.1 Å². The topological polar surface area (TPSA) is 58.4 Å². The summed E-state index contributed by atoms with van der Waals surface area (Å²) in [6, 6.07) is 7.34. The highest BCUT2D eigenvalue weighted by Gasteiger charge is 2.13. The van der Waals surface area contributed by atoms with Gasteiger partial charge in [-0.25, -0.2) is 4.98 Å². The third-order valence-corrected chi connectivity index (χ3v) is 3.08. The zero-order valence-electron chi connectivity index (χ0n) is 11.8. The first kappa shape index (κ1) is 14.1. The van der Waals surface area contributed by atoms with E-state index in [1.54, 1.807) is 23.4 Å². The van der Waals surface area contributed by atoms with E-state index < -0.39 is 0 Å². The van der Waals surface area contributed by atoms with Crippen LogP contribution in [0.4, 0.5) is 5.69 Å². The number of anilines is 1. The lowest BCUT2D eigenvalue weighted by molar-refractivity contribution is 0.0767. The standard InChI is InChI=1S/C15H19N3O2/c1-3-18(4-2)15(19)14-8-7-12(10-17-14)16-11-13-6-5-9-20-13/h5-10,16H,3-4,11H2,1-2H3. The number of nitrogens with one attached hydrogen (secondary N) is 1. The van der Waals surface area contributed by atoms with Gasteiger partial charge >= 0.3 is 0 Å². The van der Waals surface area contributed by atoms with Crippen molar-refractivity contribution in [3.8, 4) is 0 Å². The van der Waals surface area contributed by atoms with Crippen LogP contribution in [0.15, 0.2) is 41.1 Å². The normalized spacial score (nSPS) is 10.3. The fourth-order valence-corrected chi connectivity index (χ4v) is 1.90. The molecule has 0 aliphatic rings. The Morgan fingerprint density at radius 3 is 2.65 bits per heavy atom. The van der Waals surface area contributed by atoms with Crippen molar-refractivity contribution in [2.75, 3.05) is 18.4 Å². The van der Waals surface area contributed by atoms with E-state index in [0.29, 0.717) is 25.3 Å². The Kier molecular flexibility index (Phi) is 4.76. The van der Waals surface area contributed by atoms with E-state index >= 15 is 0 Å². The molecule has 0 saturated heterocycles. The summed E-state index contributed by atoms with van der Waals surface area (Å²) < 4.78 is 5.23. The summed E-state index contributed by atoms with van der Waals surface area (Å²) in [4.78, 5) is 18.1. The molecule has 2 rings (SSSR count). The number of hydrogen-bond donors (Lipinski definition) is 1. The van der Waals surface area contributed by atoms with E-state index in [2.05, 4.69) is 10.3 Å². The molecule has 2 aromatic rings. The summed E-state index contributed by atoms with van der Waals surface area (Å²) in [5.41, 5.74) is 1.33. The second-order valence-corrected chi connectivity index (χ2v) is 4.34. The average molecular weight is 273 g/mol. The van der Waals surface area contributed by atoms with Crippen LogP contribution < -0.4 is 5.32 Å². The summed E-state index contributed by atoms with van der Waals surface area (Å²) in [5.74, 6) is 0.820. The minimum Gasteiger partial charge on any atom is -0.467 e. The third-order valence-electron chi connectivity index (χ3n) is 3.08. The van der Waals surface area contributed by atoms with Crippen LogP contribution in [-0.4, -0.2) is 28.9 Å². The maximum atomic E-state index is 12.1. The number of aromatic nitrogens is 1. The van der Waals surface area contributed by atoms with Gasteiger partial charge in [-0.2, -0.15) is 0 Å². The Hall–Kier alpha value is -2.30. The Labute approximate surface area is 118 Å². The maximum Gasteiger partial charge on any atom is 0.272 e. The van der Waals surface area contributed by atoms with Crippen LogP contribution in [0.25, 0.3) is 0 Å². The monoisotopic (exact) mass is 273 g/mol. The predicted octanol–water partition coefficient (Wildman–Crippen LogP) is 2.77. The van der Waals surface area contributed by atoms with E-state index in [1.807, 2.05) is 32.0 Å². The van der Waals surface area contributed by atoms with Gasteiger partial charge in [-0.15, -0.1) is 0 Å².